The number of ether oxygens (including phenoxy) is 1. The standard InChI is InChI=1S/C22H26N2O2/c23-18-9-12-22(13-10-18,17-6-2-1-3-7-17)15-24-21(25)19-8-4-5-16-11-14-26-20(16)19/h1-8,18H,9-15,23H2,(H,24,25)/t18-,22+. The molecular weight excluding hydrogens is 324 g/mol. The Morgan fingerprint density at radius 2 is 1.88 bits per heavy atom. The normalized spacial score (nSPS) is 24.6. The topological polar surface area (TPSA) is 64.3 Å². The van der Waals surface area contributed by atoms with Gasteiger partial charge in [0.15, 0.2) is 0 Å². The number of carbonyl (C=O) groups excluding carboxylic acids is 1. The van der Waals surface area contributed by atoms with Gasteiger partial charge in [-0.15, -0.1) is 0 Å². The van der Waals surface area contributed by atoms with E-state index >= 15 is 0 Å². The van der Waals surface area contributed by atoms with Crippen LogP contribution in [-0.4, -0.2) is 25.1 Å². The Bertz CT molecular complexity index is 780. The van der Waals surface area contributed by atoms with Gasteiger partial charge < -0.3 is 15.8 Å². The van der Waals surface area contributed by atoms with Gasteiger partial charge >= 0.3 is 0 Å². The van der Waals surface area contributed by atoms with E-state index in [9.17, 15) is 4.79 Å². The summed E-state index contributed by atoms with van der Waals surface area (Å²) in [6.45, 7) is 1.29. The number of benzene rings is 2. The molecule has 0 bridgehead atoms. The monoisotopic (exact) mass is 350 g/mol. The van der Waals surface area contributed by atoms with E-state index in [1.807, 2.05) is 24.3 Å². The highest BCUT2D eigenvalue weighted by molar-refractivity contribution is 5.97. The molecule has 4 rings (SSSR count). The minimum atomic E-state index is -0.0473. The number of amides is 1. The Morgan fingerprint density at radius 1 is 1.12 bits per heavy atom. The number of nitrogens with one attached hydrogen (secondary N) is 1. The summed E-state index contributed by atoms with van der Waals surface area (Å²) in [5.41, 5.74) is 9.17. The predicted molar refractivity (Wildman–Crippen MR) is 103 cm³/mol. The Balaban J connectivity index is 1.54. The summed E-state index contributed by atoms with van der Waals surface area (Å²) in [4.78, 5) is 12.9. The molecule has 0 atom stereocenters. The summed E-state index contributed by atoms with van der Waals surface area (Å²) in [6.07, 6.45) is 4.87. The first-order valence-electron chi connectivity index (χ1n) is 9.52. The zero-order valence-corrected chi connectivity index (χ0v) is 15.0. The van der Waals surface area contributed by atoms with Crippen molar-refractivity contribution in [2.75, 3.05) is 13.2 Å². The van der Waals surface area contributed by atoms with Crippen molar-refractivity contribution in [3.05, 3.63) is 65.2 Å². The number of carbonyl (C=O) groups is 1. The van der Waals surface area contributed by atoms with Crippen LogP contribution in [0.15, 0.2) is 48.5 Å². The molecule has 1 aliphatic heterocycles. The zero-order chi connectivity index (χ0) is 18.0. The van der Waals surface area contributed by atoms with Crippen LogP contribution in [0.4, 0.5) is 0 Å². The number of nitrogens with two attached hydrogens (primary N) is 1. The van der Waals surface area contributed by atoms with Crippen molar-refractivity contribution in [2.45, 2.75) is 43.6 Å². The van der Waals surface area contributed by atoms with Gasteiger partial charge in [0.05, 0.1) is 12.2 Å². The maximum absolute atomic E-state index is 12.9. The molecule has 3 N–H and O–H groups in total. The van der Waals surface area contributed by atoms with Crippen LogP contribution in [0.5, 0.6) is 5.75 Å². The van der Waals surface area contributed by atoms with E-state index in [4.69, 9.17) is 10.5 Å². The molecular formula is C22H26N2O2. The van der Waals surface area contributed by atoms with Crippen molar-refractivity contribution in [2.24, 2.45) is 5.73 Å². The third-order valence-electron chi connectivity index (χ3n) is 5.92. The third kappa shape index (κ3) is 3.21. The van der Waals surface area contributed by atoms with Gasteiger partial charge in [-0.1, -0.05) is 42.5 Å². The van der Waals surface area contributed by atoms with Crippen molar-refractivity contribution in [1.29, 1.82) is 0 Å². The lowest BCUT2D eigenvalue weighted by atomic mass is 9.68. The molecule has 0 aromatic heterocycles. The molecule has 0 spiro atoms. The van der Waals surface area contributed by atoms with Crippen molar-refractivity contribution in [3.63, 3.8) is 0 Å². The van der Waals surface area contributed by atoms with Gasteiger partial charge in [-0.25, -0.2) is 0 Å². The summed E-state index contributed by atoms with van der Waals surface area (Å²) < 4.78 is 5.69. The predicted octanol–water partition coefficient (Wildman–Crippen LogP) is 3.19. The van der Waals surface area contributed by atoms with Crippen LogP contribution < -0.4 is 15.8 Å². The summed E-state index contributed by atoms with van der Waals surface area (Å²) in [6, 6.07) is 16.6. The average Bonchev–Trinajstić information content (AvgIpc) is 3.17. The molecule has 0 saturated heterocycles. The molecule has 0 radical (unpaired) electrons. The van der Waals surface area contributed by atoms with Crippen molar-refractivity contribution in [1.82, 2.24) is 5.32 Å². The van der Waals surface area contributed by atoms with Gasteiger partial charge in [-0.2, -0.15) is 0 Å². The van der Waals surface area contributed by atoms with Gasteiger partial charge in [0.2, 0.25) is 0 Å². The van der Waals surface area contributed by atoms with Crippen LogP contribution in [0, 0.1) is 0 Å². The van der Waals surface area contributed by atoms with Gasteiger partial charge in [0, 0.05) is 24.4 Å². The van der Waals surface area contributed by atoms with Crippen LogP contribution >= 0.6 is 0 Å². The van der Waals surface area contributed by atoms with E-state index in [-0.39, 0.29) is 17.4 Å². The average molecular weight is 350 g/mol. The van der Waals surface area contributed by atoms with Crippen molar-refractivity contribution >= 4 is 5.91 Å². The molecule has 1 amide bonds. The molecule has 1 fully saturated rings. The molecule has 26 heavy (non-hydrogen) atoms. The molecule has 1 aliphatic carbocycles. The number of fused-ring (bicyclic) bond motifs is 1. The molecule has 4 heteroatoms. The maximum Gasteiger partial charge on any atom is 0.255 e. The van der Waals surface area contributed by atoms with E-state index in [0.29, 0.717) is 18.7 Å². The highest BCUT2D eigenvalue weighted by atomic mass is 16.5. The first-order valence-corrected chi connectivity index (χ1v) is 9.52. The van der Waals surface area contributed by atoms with Gasteiger partial charge in [-0.05, 0) is 42.9 Å². The van der Waals surface area contributed by atoms with E-state index in [1.54, 1.807) is 0 Å². The van der Waals surface area contributed by atoms with Gasteiger partial charge in [-0.3, -0.25) is 4.79 Å². The highest BCUT2D eigenvalue weighted by Crippen LogP contribution is 2.39. The number of hydrogen-bond donors (Lipinski definition) is 2. The fraction of sp³-hybridized carbons (Fsp3) is 0.409. The SMILES string of the molecule is N[C@H]1CC[C@@](CNC(=O)c2cccc3c2OCC3)(c2ccccc2)CC1. The number of para-hydroxylation sites is 1. The van der Waals surface area contributed by atoms with E-state index < -0.39 is 0 Å². The number of rotatable bonds is 4. The second-order valence-electron chi connectivity index (χ2n) is 7.56. The van der Waals surface area contributed by atoms with E-state index in [0.717, 1.165) is 43.4 Å². The third-order valence-corrected chi connectivity index (χ3v) is 5.92. The quantitative estimate of drug-likeness (QED) is 0.890. The minimum absolute atomic E-state index is 0.0361. The summed E-state index contributed by atoms with van der Waals surface area (Å²) >= 11 is 0. The molecule has 1 heterocycles. The van der Waals surface area contributed by atoms with Crippen molar-refractivity contribution < 1.29 is 9.53 Å². The van der Waals surface area contributed by atoms with Crippen LogP contribution in [-0.2, 0) is 11.8 Å². The Morgan fingerprint density at radius 3 is 2.65 bits per heavy atom. The van der Waals surface area contributed by atoms with Gasteiger partial charge in [0.1, 0.15) is 5.75 Å². The number of hydrogen-bond acceptors (Lipinski definition) is 3. The van der Waals surface area contributed by atoms with E-state index in [1.165, 1.54) is 5.56 Å². The summed E-state index contributed by atoms with van der Waals surface area (Å²) in [5.74, 6) is 0.707. The van der Waals surface area contributed by atoms with Gasteiger partial charge in [0.25, 0.3) is 5.91 Å². The molecule has 1 saturated carbocycles. The highest BCUT2D eigenvalue weighted by Gasteiger charge is 2.36. The van der Waals surface area contributed by atoms with Crippen LogP contribution in [0.1, 0.15) is 47.2 Å². The second-order valence-corrected chi connectivity index (χ2v) is 7.56. The lowest BCUT2D eigenvalue weighted by Crippen LogP contribution is -2.45. The first kappa shape index (κ1) is 17.1. The molecule has 2 aliphatic rings. The largest absolute Gasteiger partial charge is 0.492 e. The lowest BCUT2D eigenvalue weighted by Gasteiger charge is -2.40. The molecule has 2 aromatic rings. The zero-order valence-electron chi connectivity index (χ0n) is 15.0. The minimum Gasteiger partial charge on any atom is -0.492 e. The van der Waals surface area contributed by atoms with Crippen LogP contribution in [0.25, 0.3) is 0 Å². The summed E-state index contributed by atoms with van der Waals surface area (Å²) in [5, 5.41) is 3.19. The Kier molecular flexibility index (Phi) is 4.68. The molecule has 136 valence electrons. The summed E-state index contributed by atoms with van der Waals surface area (Å²) in [7, 11) is 0. The Hall–Kier alpha value is -2.33. The van der Waals surface area contributed by atoms with Crippen molar-refractivity contribution in [3.8, 4) is 5.75 Å². The fourth-order valence-electron chi connectivity index (χ4n) is 4.29. The van der Waals surface area contributed by atoms with Crippen LogP contribution in [0.2, 0.25) is 0 Å². The molecule has 0 unspecified atom stereocenters. The van der Waals surface area contributed by atoms with E-state index in [2.05, 4.69) is 29.6 Å². The Labute approximate surface area is 154 Å². The lowest BCUT2D eigenvalue weighted by molar-refractivity contribution is 0.0932. The smallest absolute Gasteiger partial charge is 0.255 e. The molecule has 4 nitrogen and oxygen atoms in total. The second kappa shape index (κ2) is 7.12. The fourth-order valence-corrected chi connectivity index (χ4v) is 4.29. The molecule has 2 aromatic carbocycles. The first-order chi connectivity index (χ1) is 12.7. The van der Waals surface area contributed by atoms with Crippen LogP contribution in [0.3, 0.4) is 0 Å². The maximum atomic E-state index is 12.9.